The van der Waals surface area contributed by atoms with Gasteiger partial charge in [-0.25, -0.2) is 9.78 Å². The van der Waals surface area contributed by atoms with Gasteiger partial charge in [-0.1, -0.05) is 6.07 Å². The third-order valence-corrected chi connectivity index (χ3v) is 1.80. The molecular weight excluding hydrogens is 194 g/mol. The second-order valence-corrected chi connectivity index (χ2v) is 3.19. The van der Waals surface area contributed by atoms with Gasteiger partial charge in [-0.3, -0.25) is 0 Å². The van der Waals surface area contributed by atoms with Crippen molar-refractivity contribution in [3.05, 3.63) is 23.9 Å². The van der Waals surface area contributed by atoms with Crippen LogP contribution in [0.5, 0.6) is 5.88 Å². The van der Waals surface area contributed by atoms with Gasteiger partial charge >= 0.3 is 5.97 Å². The quantitative estimate of drug-likeness (QED) is 0.708. The first-order chi connectivity index (χ1) is 7.13. The summed E-state index contributed by atoms with van der Waals surface area (Å²) < 4.78 is 10.1. The number of ether oxygens (including phenoxy) is 2. The molecule has 82 valence electrons. The molecule has 4 heteroatoms. The van der Waals surface area contributed by atoms with E-state index in [9.17, 15) is 4.79 Å². The number of aromatic nitrogens is 1. The predicted molar refractivity (Wildman–Crippen MR) is 55.7 cm³/mol. The Kier molecular flexibility index (Phi) is 4.09. The lowest BCUT2D eigenvalue weighted by Crippen LogP contribution is -2.26. The summed E-state index contributed by atoms with van der Waals surface area (Å²) in [7, 11) is 0. The second kappa shape index (κ2) is 5.34. The number of pyridine rings is 1. The fourth-order valence-electron chi connectivity index (χ4n) is 1.01. The van der Waals surface area contributed by atoms with Crippen LogP contribution in [0.4, 0.5) is 0 Å². The Morgan fingerprint density at radius 2 is 2.27 bits per heavy atom. The van der Waals surface area contributed by atoms with Gasteiger partial charge in [0.2, 0.25) is 5.88 Å². The van der Waals surface area contributed by atoms with Crippen molar-refractivity contribution in [3.63, 3.8) is 0 Å². The molecule has 0 saturated heterocycles. The van der Waals surface area contributed by atoms with Crippen LogP contribution in [-0.4, -0.2) is 23.7 Å². The Labute approximate surface area is 89.2 Å². The normalized spacial score (nSPS) is 11.9. The number of rotatable bonds is 4. The van der Waals surface area contributed by atoms with E-state index >= 15 is 0 Å². The molecule has 0 aromatic carbocycles. The third-order valence-electron chi connectivity index (χ3n) is 1.80. The molecule has 4 nitrogen and oxygen atoms in total. The molecule has 0 fully saturated rings. The first-order valence-electron chi connectivity index (χ1n) is 4.89. The summed E-state index contributed by atoms with van der Waals surface area (Å²) in [6, 6.07) is 3.60. The van der Waals surface area contributed by atoms with E-state index in [-0.39, 0.29) is 5.97 Å². The molecule has 0 radical (unpaired) electrons. The van der Waals surface area contributed by atoms with Crippen LogP contribution in [0.3, 0.4) is 0 Å². The van der Waals surface area contributed by atoms with E-state index in [4.69, 9.17) is 9.47 Å². The summed E-state index contributed by atoms with van der Waals surface area (Å²) in [5, 5.41) is 0. The van der Waals surface area contributed by atoms with E-state index in [1.807, 2.05) is 13.0 Å². The van der Waals surface area contributed by atoms with Crippen molar-refractivity contribution >= 4 is 5.97 Å². The maximum Gasteiger partial charge on any atom is 0.347 e. The van der Waals surface area contributed by atoms with Crippen LogP contribution in [-0.2, 0) is 9.53 Å². The van der Waals surface area contributed by atoms with E-state index in [0.29, 0.717) is 12.5 Å². The molecule has 1 aromatic heterocycles. The van der Waals surface area contributed by atoms with Crippen LogP contribution in [0.1, 0.15) is 19.4 Å². The standard InChI is InChI=1S/C11H15NO3/c1-4-14-11(13)9(3)15-10-6-5-8(2)7-12-10/h5-7,9H,4H2,1-3H3/t9-/m0/s1. The minimum absolute atomic E-state index is 0.355. The molecule has 1 aromatic rings. The van der Waals surface area contributed by atoms with Gasteiger partial charge in [0.05, 0.1) is 6.61 Å². The van der Waals surface area contributed by atoms with Gasteiger partial charge in [0, 0.05) is 12.3 Å². The summed E-state index contributed by atoms with van der Waals surface area (Å²) >= 11 is 0. The zero-order chi connectivity index (χ0) is 11.3. The van der Waals surface area contributed by atoms with Crippen LogP contribution < -0.4 is 4.74 Å². The number of esters is 1. The minimum Gasteiger partial charge on any atom is -0.463 e. The van der Waals surface area contributed by atoms with Gasteiger partial charge in [0.25, 0.3) is 0 Å². The highest BCUT2D eigenvalue weighted by atomic mass is 16.6. The molecule has 0 N–H and O–H groups in total. The fraction of sp³-hybridized carbons (Fsp3) is 0.455. The van der Waals surface area contributed by atoms with E-state index in [0.717, 1.165) is 5.56 Å². The van der Waals surface area contributed by atoms with Gasteiger partial charge in [0.15, 0.2) is 6.10 Å². The Morgan fingerprint density at radius 3 is 2.80 bits per heavy atom. The van der Waals surface area contributed by atoms with Crippen molar-refractivity contribution in [2.45, 2.75) is 26.9 Å². The van der Waals surface area contributed by atoms with Gasteiger partial charge in [-0.05, 0) is 26.3 Å². The maximum absolute atomic E-state index is 11.2. The molecule has 0 saturated carbocycles. The molecule has 1 heterocycles. The smallest absolute Gasteiger partial charge is 0.347 e. The van der Waals surface area contributed by atoms with Crippen molar-refractivity contribution in [2.24, 2.45) is 0 Å². The van der Waals surface area contributed by atoms with Gasteiger partial charge in [-0.2, -0.15) is 0 Å². The highest BCUT2D eigenvalue weighted by Crippen LogP contribution is 2.09. The molecule has 0 bridgehead atoms. The van der Waals surface area contributed by atoms with E-state index in [1.165, 1.54) is 0 Å². The molecule has 1 rings (SSSR count). The molecule has 0 aliphatic heterocycles. The number of hydrogen-bond donors (Lipinski definition) is 0. The first kappa shape index (κ1) is 11.5. The molecule has 0 unspecified atom stereocenters. The van der Waals surface area contributed by atoms with Crippen molar-refractivity contribution in [3.8, 4) is 5.88 Å². The zero-order valence-electron chi connectivity index (χ0n) is 9.19. The number of aryl methyl sites for hydroxylation is 1. The second-order valence-electron chi connectivity index (χ2n) is 3.19. The van der Waals surface area contributed by atoms with Crippen molar-refractivity contribution < 1.29 is 14.3 Å². The molecular formula is C11H15NO3. The monoisotopic (exact) mass is 209 g/mol. The average Bonchev–Trinajstić information content (AvgIpc) is 2.22. The zero-order valence-corrected chi connectivity index (χ0v) is 9.19. The average molecular weight is 209 g/mol. The molecule has 0 amide bonds. The number of hydrogen-bond acceptors (Lipinski definition) is 4. The predicted octanol–water partition coefficient (Wildman–Crippen LogP) is 1.72. The van der Waals surface area contributed by atoms with Gasteiger partial charge < -0.3 is 9.47 Å². The SMILES string of the molecule is CCOC(=O)[C@H](C)Oc1ccc(C)cn1. The lowest BCUT2D eigenvalue weighted by Gasteiger charge is -2.12. The summed E-state index contributed by atoms with van der Waals surface area (Å²) in [5.74, 6) is 0.0565. The van der Waals surface area contributed by atoms with Crippen molar-refractivity contribution in [1.82, 2.24) is 4.98 Å². The van der Waals surface area contributed by atoms with E-state index < -0.39 is 6.10 Å². The molecule has 15 heavy (non-hydrogen) atoms. The summed E-state index contributed by atoms with van der Waals surface area (Å²) in [4.78, 5) is 15.3. The maximum atomic E-state index is 11.2. The Bertz CT molecular complexity index is 321. The Morgan fingerprint density at radius 1 is 1.53 bits per heavy atom. The lowest BCUT2D eigenvalue weighted by molar-refractivity contribution is -0.150. The largest absolute Gasteiger partial charge is 0.463 e. The molecule has 0 aliphatic carbocycles. The van der Waals surface area contributed by atoms with Crippen LogP contribution in [0.15, 0.2) is 18.3 Å². The van der Waals surface area contributed by atoms with Crippen LogP contribution in [0, 0.1) is 6.92 Å². The third kappa shape index (κ3) is 3.58. The van der Waals surface area contributed by atoms with Crippen molar-refractivity contribution in [1.29, 1.82) is 0 Å². The topological polar surface area (TPSA) is 48.4 Å². The van der Waals surface area contributed by atoms with Crippen LogP contribution in [0.25, 0.3) is 0 Å². The first-order valence-corrected chi connectivity index (χ1v) is 4.89. The number of nitrogens with zero attached hydrogens (tertiary/aromatic N) is 1. The van der Waals surface area contributed by atoms with Crippen LogP contribution >= 0.6 is 0 Å². The Hall–Kier alpha value is -1.58. The molecule has 0 spiro atoms. The number of carbonyl (C=O) groups excluding carboxylic acids is 1. The van der Waals surface area contributed by atoms with E-state index in [1.54, 1.807) is 26.1 Å². The lowest BCUT2D eigenvalue weighted by atomic mass is 10.3. The molecule has 1 atom stereocenters. The van der Waals surface area contributed by atoms with Gasteiger partial charge in [-0.15, -0.1) is 0 Å². The molecule has 0 aliphatic rings. The Balaban J connectivity index is 2.54. The summed E-state index contributed by atoms with van der Waals surface area (Å²) in [6.07, 6.45) is 1.06. The highest BCUT2D eigenvalue weighted by molar-refractivity contribution is 5.74. The van der Waals surface area contributed by atoms with Crippen LogP contribution in [0.2, 0.25) is 0 Å². The highest BCUT2D eigenvalue weighted by Gasteiger charge is 2.15. The summed E-state index contributed by atoms with van der Waals surface area (Å²) in [5.41, 5.74) is 1.05. The van der Waals surface area contributed by atoms with Crippen molar-refractivity contribution in [2.75, 3.05) is 6.61 Å². The fourth-order valence-corrected chi connectivity index (χ4v) is 1.01. The minimum atomic E-state index is -0.625. The number of carbonyl (C=O) groups is 1. The summed E-state index contributed by atoms with van der Waals surface area (Å²) in [6.45, 7) is 5.69. The van der Waals surface area contributed by atoms with Gasteiger partial charge in [0.1, 0.15) is 0 Å². The van der Waals surface area contributed by atoms with E-state index in [2.05, 4.69) is 4.98 Å².